The maximum Gasteiger partial charge on any atom is 0.264 e. The molecule has 0 aliphatic heterocycles. The van der Waals surface area contributed by atoms with Crippen LogP contribution in [0.15, 0.2) is 83.8 Å². The summed E-state index contributed by atoms with van der Waals surface area (Å²) >= 11 is 12.6. The summed E-state index contributed by atoms with van der Waals surface area (Å²) in [5, 5.41) is 3.71. The third kappa shape index (κ3) is 7.75. The van der Waals surface area contributed by atoms with Crippen molar-refractivity contribution < 1.29 is 18.0 Å². The van der Waals surface area contributed by atoms with Crippen LogP contribution in [0.4, 0.5) is 5.69 Å². The number of hydrogen-bond acceptors (Lipinski definition) is 4. The van der Waals surface area contributed by atoms with Crippen LogP contribution in [0, 0.1) is 0 Å². The van der Waals surface area contributed by atoms with E-state index in [0.717, 1.165) is 10.7 Å². The van der Waals surface area contributed by atoms with Crippen LogP contribution in [0.3, 0.4) is 0 Å². The van der Waals surface area contributed by atoms with Gasteiger partial charge in [-0.1, -0.05) is 79.5 Å². The molecule has 0 spiro atoms. The van der Waals surface area contributed by atoms with E-state index < -0.39 is 28.5 Å². The first-order valence-corrected chi connectivity index (χ1v) is 14.9. The van der Waals surface area contributed by atoms with E-state index in [1.165, 1.54) is 23.1 Å². The molecule has 0 saturated carbocycles. The first-order chi connectivity index (χ1) is 18.6. The van der Waals surface area contributed by atoms with Crippen LogP contribution in [-0.4, -0.2) is 43.8 Å². The summed E-state index contributed by atoms with van der Waals surface area (Å²) < 4.78 is 28.6. The van der Waals surface area contributed by atoms with Crippen molar-refractivity contribution in [3.05, 3.63) is 94.5 Å². The molecule has 0 aliphatic carbocycles. The Hall–Kier alpha value is -3.07. The van der Waals surface area contributed by atoms with Gasteiger partial charge in [0.2, 0.25) is 11.8 Å². The van der Waals surface area contributed by atoms with Gasteiger partial charge in [-0.25, -0.2) is 8.42 Å². The molecule has 0 aromatic heterocycles. The monoisotopic (exact) mass is 589 g/mol. The highest BCUT2D eigenvalue weighted by Gasteiger charge is 2.34. The second-order valence-corrected chi connectivity index (χ2v) is 11.9. The number of hydrogen-bond donors (Lipinski definition) is 1. The summed E-state index contributed by atoms with van der Waals surface area (Å²) in [6, 6.07) is 20.3. The largest absolute Gasteiger partial charge is 0.352 e. The third-order valence-corrected chi connectivity index (χ3v) is 8.78. The van der Waals surface area contributed by atoms with Crippen LogP contribution < -0.4 is 9.62 Å². The number of carbonyl (C=O) groups is 2. The number of amides is 2. The van der Waals surface area contributed by atoms with E-state index in [2.05, 4.69) is 5.32 Å². The van der Waals surface area contributed by atoms with Crippen LogP contribution in [-0.2, 0) is 26.2 Å². The highest BCUT2D eigenvalue weighted by Crippen LogP contribution is 2.27. The summed E-state index contributed by atoms with van der Waals surface area (Å²) in [4.78, 5) is 28.8. The molecule has 2 unspecified atom stereocenters. The fourth-order valence-electron chi connectivity index (χ4n) is 4.05. The Labute approximate surface area is 240 Å². The van der Waals surface area contributed by atoms with Gasteiger partial charge in [0.25, 0.3) is 10.0 Å². The number of anilines is 1. The van der Waals surface area contributed by atoms with Gasteiger partial charge in [-0.3, -0.25) is 13.9 Å². The standard InChI is InChI=1S/C29H33Cl2N3O4S/c1-4-21(3)32-29(36)27(5-2)33(19-22-12-9-10-17-26(22)31)28(35)20-34(24-14-11-13-23(30)18-24)39(37,38)25-15-7-6-8-16-25/h6-18,21,27H,4-5,19-20H2,1-3H3,(H,32,36). The molecule has 7 nitrogen and oxygen atoms in total. The van der Waals surface area contributed by atoms with Gasteiger partial charge in [0.1, 0.15) is 12.6 Å². The van der Waals surface area contributed by atoms with Crippen molar-refractivity contribution in [3.63, 3.8) is 0 Å². The summed E-state index contributed by atoms with van der Waals surface area (Å²) in [6.07, 6.45) is 1.04. The molecule has 0 radical (unpaired) electrons. The number of sulfonamides is 1. The fraction of sp³-hybridized carbons (Fsp3) is 0.310. The average Bonchev–Trinajstić information content (AvgIpc) is 2.92. The molecule has 0 fully saturated rings. The van der Waals surface area contributed by atoms with Crippen molar-refractivity contribution in [2.45, 2.75) is 57.1 Å². The zero-order valence-corrected chi connectivity index (χ0v) is 24.5. The molecule has 10 heteroatoms. The quantitative estimate of drug-likeness (QED) is 0.284. The lowest BCUT2D eigenvalue weighted by Gasteiger charge is -2.34. The molecule has 3 rings (SSSR count). The molecule has 0 bridgehead atoms. The average molecular weight is 591 g/mol. The smallest absolute Gasteiger partial charge is 0.264 e. The Morgan fingerprint density at radius 3 is 2.18 bits per heavy atom. The van der Waals surface area contributed by atoms with Crippen LogP contribution in [0.25, 0.3) is 0 Å². The van der Waals surface area contributed by atoms with E-state index in [4.69, 9.17) is 23.2 Å². The first kappa shape index (κ1) is 30.5. The fourth-order valence-corrected chi connectivity index (χ4v) is 5.86. The molecule has 2 atom stereocenters. The lowest BCUT2D eigenvalue weighted by atomic mass is 10.1. The van der Waals surface area contributed by atoms with Gasteiger partial charge in [0.05, 0.1) is 10.6 Å². The lowest BCUT2D eigenvalue weighted by molar-refractivity contribution is -0.140. The van der Waals surface area contributed by atoms with Gasteiger partial charge < -0.3 is 10.2 Å². The van der Waals surface area contributed by atoms with Crippen molar-refractivity contribution in [2.75, 3.05) is 10.8 Å². The number of carbonyl (C=O) groups excluding carboxylic acids is 2. The molecule has 39 heavy (non-hydrogen) atoms. The minimum Gasteiger partial charge on any atom is -0.352 e. The van der Waals surface area contributed by atoms with Gasteiger partial charge >= 0.3 is 0 Å². The molecule has 0 saturated heterocycles. The predicted molar refractivity (Wildman–Crippen MR) is 156 cm³/mol. The van der Waals surface area contributed by atoms with E-state index in [9.17, 15) is 18.0 Å². The van der Waals surface area contributed by atoms with Gasteiger partial charge in [0.15, 0.2) is 0 Å². The molecule has 3 aromatic rings. The van der Waals surface area contributed by atoms with E-state index >= 15 is 0 Å². The van der Waals surface area contributed by atoms with E-state index in [1.807, 2.05) is 20.8 Å². The Morgan fingerprint density at radius 1 is 0.897 bits per heavy atom. The highest BCUT2D eigenvalue weighted by atomic mass is 35.5. The van der Waals surface area contributed by atoms with Crippen molar-refractivity contribution in [1.29, 1.82) is 0 Å². The summed E-state index contributed by atoms with van der Waals surface area (Å²) in [6.45, 7) is 5.13. The number of rotatable bonds is 12. The number of nitrogens with zero attached hydrogens (tertiary/aromatic N) is 2. The topological polar surface area (TPSA) is 86.8 Å². The Bertz CT molecular complexity index is 1390. The van der Waals surface area contributed by atoms with Gasteiger partial charge in [-0.2, -0.15) is 0 Å². The first-order valence-electron chi connectivity index (χ1n) is 12.7. The SMILES string of the molecule is CCC(C)NC(=O)C(CC)N(Cc1ccccc1Cl)C(=O)CN(c1cccc(Cl)c1)S(=O)(=O)c1ccccc1. The minimum atomic E-state index is -4.16. The van der Waals surface area contributed by atoms with Gasteiger partial charge in [-0.15, -0.1) is 0 Å². The number of halogens is 2. The van der Waals surface area contributed by atoms with Crippen molar-refractivity contribution in [3.8, 4) is 0 Å². The van der Waals surface area contributed by atoms with E-state index in [-0.39, 0.29) is 29.1 Å². The molecular weight excluding hydrogens is 557 g/mol. The van der Waals surface area contributed by atoms with Gasteiger partial charge in [-0.05, 0) is 61.7 Å². The molecule has 0 heterocycles. The van der Waals surface area contributed by atoms with Crippen molar-refractivity contribution in [2.24, 2.45) is 0 Å². The molecule has 1 N–H and O–H groups in total. The van der Waals surface area contributed by atoms with Crippen LogP contribution in [0.1, 0.15) is 39.2 Å². The summed E-state index contributed by atoms with van der Waals surface area (Å²) in [5.74, 6) is -0.868. The summed E-state index contributed by atoms with van der Waals surface area (Å²) in [7, 11) is -4.16. The highest BCUT2D eigenvalue weighted by molar-refractivity contribution is 7.92. The van der Waals surface area contributed by atoms with Crippen LogP contribution in [0.2, 0.25) is 10.0 Å². The maximum atomic E-state index is 14.0. The molecule has 3 aromatic carbocycles. The number of benzene rings is 3. The molecule has 2 amide bonds. The van der Waals surface area contributed by atoms with Crippen LogP contribution >= 0.6 is 23.2 Å². The zero-order valence-electron chi connectivity index (χ0n) is 22.2. The second-order valence-electron chi connectivity index (χ2n) is 9.16. The van der Waals surface area contributed by atoms with E-state index in [0.29, 0.717) is 22.0 Å². The molecule has 0 aliphatic rings. The van der Waals surface area contributed by atoms with Crippen molar-refractivity contribution in [1.82, 2.24) is 10.2 Å². The predicted octanol–water partition coefficient (Wildman–Crippen LogP) is 5.91. The Morgan fingerprint density at radius 2 is 1.56 bits per heavy atom. The second kappa shape index (κ2) is 13.8. The van der Waals surface area contributed by atoms with Crippen molar-refractivity contribution >= 4 is 50.7 Å². The Kier molecular flexibility index (Phi) is 10.8. The number of nitrogens with one attached hydrogen (secondary N) is 1. The minimum absolute atomic E-state index is 0.0250. The zero-order chi connectivity index (χ0) is 28.6. The molecule has 208 valence electrons. The maximum absolute atomic E-state index is 14.0. The third-order valence-electron chi connectivity index (χ3n) is 6.39. The van der Waals surface area contributed by atoms with E-state index in [1.54, 1.807) is 60.7 Å². The lowest BCUT2D eigenvalue weighted by Crippen LogP contribution is -2.53. The Balaban J connectivity index is 2.06. The summed E-state index contributed by atoms with van der Waals surface area (Å²) in [5.41, 5.74) is 0.872. The van der Waals surface area contributed by atoms with Gasteiger partial charge in [0, 0.05) is 22.6 Å². The molecular formula is C29H33Cl2N3O4S. The van der Waals surface area contributed by atoms with Crippen LogP contribution in [0.5, 0.6) is 0 Å². The normalized spacial score (nSPS) is 12.8.